The van der Waals surface area contributed by atoms with E-state index in [0.717, 1.165) is 5.92 Å². The normalized spacial score (nSPS) is 17.7. The molecular formula is C13H18ClNO2S. The Labute approximate surface area is 113 Å². The lowest BCUT2D eigenvalue weighted by atomic mass is 10.2. The molecule has 0 amide bonds. The fourth-order valence-corrected chi connectivity index (χ4v) is 3.24. The zero-order valence-corrected chi connectivity index (χ0v) is 12.0. The zero-order chi connectivity index (χ0) is 13.2. The molecule has 0 bridgehead atoms. The first-order valence-electron chi connectivity index (χ1n) is 6.21. The highest BCUT2D eigenvalue weighted by atomic mass is 35.5. The van der Waals surface area contributed by atoms with Crippen molar-refractivity contribution in [1.29, 1.82) is 0 Å². The van der Waals surface area contributed by atoms with Crippen LogP contribution in [-0.2, 0) is 9.84 Å². The van der Waals surface area contributed by atoms with Gasteiger partial charge in [0, 0.05) is 17.6 Å². The van der Waals surface area contributed by atoms with Crippen molar-refractivity contribution in [1.82, 2.24) is 5.32 Å². The molecule has 5 heteroatoms. The first kappa shape index (κ1) is 13.8. The van der Waals surface area contributed by atoms with Gasteiger partial charge in [0.15, 0.2) is 9.84 Å². The number of sulfone groups is 1. The highest BCUT2D eigenvalue weighted by Gasteiger charge is 2.27. The van der Waals surface area contributed by atoms with Crippen LogP contribution in [0.5, 0.6) is 0 Å². The van der Waals surface area contributed by atoms with E-state index in [1.165, 1.54) is 12.8 Å². The van der Waals surface area contributed by atoms with Crippen molar-refractivity contribution in [3.8, 4) is 0 Å². The van der Waals surface area contributed by atoms with Gasteiger partial charge < -0.3 is 5.32 Å². The van der Waals surface area contributed by atoms with Gasteiger partial charge in [-0.3, -0.25) is 0 Å². The molecule has 3 nitrogen and oxygen atoms in total. The Kier molecular flexibility index (Phi) is 4.30. The highest BCUT2D eigenvalue weighted by molar-refractivity contribution is 7.91. The number of nitrogens with one attached hydrogen (secondary N) is 1. The van der Waals surface area contributed by atoms with Gasteiger partial charge in [0.2, 0.25) is 0 Å². The molecule has 1 aromatic carbocycles. The van der Waals surface area contributed by atoms with Gasteiger partial charge in [-0.2, -0.15) is 0 Å². The summed E-state index contributed by atoms with van der Waals surface area (Å²) in [5, 5.41) is 3.83. The van der Waals surface area contributed by atoms with E-state index < -0.39 is 9.84 Å². The van der Waals surface area contributed by atoms with Crippen LogP contribution in [0.2, 0.25) is 5.02 Å². The number of hydrogen-bond donors (Lipinski definition) is 1. The summed E-state index contributed by atoms with van der Waals surface area (Å²) >= 11 is 5.74. The topological polar surface area (TPSA) is 46.2 Å². The summed E-state index contributed by atoms with van der Waals surface area (Å²) in [5.74, 6) is 0.870. The lowest BCUT2D eigenvalue weighted by Gasteiger charge is -2.12. The molecule has 18 heavy (non-hydrogen) atoms. The van der Waals surface area contributed by atoms with Crippen molar-refractivity contribution in [2.75, 3.05) is 12.3 Å². The maximum atomic E-state index is 12.0. The minimum atomic E-state index is -3.20. The van der Waals surface area contributed by atoms with E-state index in [-0.39, 0.29) is 5.75 Å². The van der Waals surface area contributed by atoms with Gasteiger partial charge in [-0.15, -0.1) is 0 Å². The molecule has 0 spiro atoms. The van der Waals surface area contributed by atoms with Gasteiger partial charge in [-0.25, -0.2) is 8.42 Å². The molecule has 0 saturated heterocycles. The number of hydrogen-bond acceptors (Lipinski definition) is 3. The molecule has 0 aliphatic heterocycles. The highest BCUT2D eigenvalue weighted by Crippen LogP contribution is 2.32. The molecule has 100 valence electrons. The SMILES string of the molecule is CC(NCCS(=O)(=O)c1ccc(Cl)cc1)C1CC1. The average Bonchev–Trinajstić information content (AvgIpc) is 3.13. The van der Waals surface area contributed by atoms with Crippen LogP contribution in [0.25, 0.3) is 0 Å². The third kappa shape index (κ3) is 3.70. The van der Waals surface area contributed by atoms with Crippen LogP contribution in [-0.4, -0.2) is 26.8 Å². The Morgan fingerprint density at radius 1 is 1.33 bits per heavy atom. The van der Waals surface area contributed by atoms with E-state index in [2.05, 4.69) is 12.2 Å². The van der Waals surface area contributed by atoms with Gasteiger partial charge in [-0.1, -0.05) is 11.6 Å². The summed E-state index contributed by atoms with van der Waals surface area (Å²) in [5.41, 5.74) is 0. The van der Waals surface area contributed by atoms with Gasteiger partial charge in [0.05, 0.1) is 10.6 Å². The molecule has 1 aliphatic rings. The largest absolute Gasteiger partial charge is 0.313 e. The summed E-state index contributed by atoms with van der Waals surface area (Å²) in [6, 6.07) is 6.75. The molecule has 0 radical (unpaired) electrons. The van der Waals surface area contributed by atoms with E-state index in [9.17, 15) is 8.42 Å². The van der Waals surface area contributed by atoms with E-state index in [0.29, 0.717) is 22.5 Å². The standard InChI is InChI=1S/C13H18ClNO2S/c1-10(11-2-3-11)15-8-9-18(16,17)13-6-4-12(14)5-7-13/h4-7,10-11,15H,2-3,8-9H2,1H3. The first-order chi connectivity index (χ1) is 8.49. The van der Waals surface area contributed by atoms with Crippen LogP contribution in [0, 0.1) is 5.92 Å². The molecule has 1 aliphatic carbocycles. The Hall–Kier alpha value is -0.580. The summed E-state index contributed by atoms with van der Waals surface area (Å²) in [6.07, 6.45) is 2.52. The number of rotatable bonds is 6. The molecule has 1 N–H and O–H groups in total. The third-order valence-corrected chi connectivity index (χ3v) is 5.32. The molecule has 1 atom stereocenters. The van der Waals surface area contributed by atoms with E-state index in [1.54, 1.807) is 24.3 Å². The molecule has 0 aromatic heterocycles. The van der Waals surface area contributed by atoms with Gasteiger partial charge in [0.25, 0.3) is 0 Å². The molecular weight excluding hydrogens is 270 g/mol. The van der Waals surface area contributed by atoms with Crippen LogP contribution in [0.15, 0.2) is 29.2 Å². The smallest absolute Gasteiger partial charge is 0.179 e. The molecule has 1 fully saturated rings. The summed E-state index contributed by atoms with van der Waals surface area (Å²) in [4.78, 5) is 0.341. The first-order valence-corrected chi connectivity index (χ1v) is 8.24. The fraction of sp³-hybridized carbons (Fsp3) is 0.538. The maximum Gasteiger partial charge on any atom is 0.179 e. The van der Waals surface area contributed by atoms with Crippen molar-refractivity contribution in [3.63, 3.8) is 0 Å². The van der Waals surface area contributed by atoms with Crippen LogP contribution in [0.4, 0.5) is 0 Å². The van der Waals surface area contributed by atoms with Gasteiger partial charge in [-0.05, 0) is 49.9 Å². The molecule has 0 heterocycles. The number of halogens is 1. The van der Waals surface area contributed by atoms with Crippen molar-refractivity contribution >= 4 is 21.4 Å². The summed E-state index contributed by atoms with van der Waals surface area (Å²) < 4.78 is 24.1. The van der Waals surface area contributed by atoms with Gasteiger partial charge >= 0.3 is 0 Å². The monoisotopic (exact) mass is 287 g/mol. The molecule has 1 saturated carbocycles. The predicted octanol–water partition coefficient (Wildman–Crippen LogP) is 2.50. The summed E-state index contributed by atoms with van der Waals surface area (Å²) in [7, 11) is -3.20. The minimum absolute atomic E-state index is 0.131. The van der Waals surface area contributed by atoms with Crippen molar-refractivity contribution in [2.24, 2.45) is 5.92 Å². The second-order valence-corrected chi connectivity index (χ2v) is 7.40. The molecule has 1 unspecified atom stereocenters. The molecule has 1 aromatic rings. The van der Waals surface area contributed by atoms with Crippen molar-refractivity contribution < 1.29 is 8.42 Å². The van der Waals surface area contributed by atoms with Crippen LogP contribution < -0.4 is 5.32 Å². The van der Waals surface area contributed by atoms with Crippen molar-refractivity contribution in [2.45, 2.75) is 30.7 Å². The predicted molar refractivity (Wildman–Crippen MR) is 73.7 cm³/mol. The minimum Gasteiger partial charge on any atom is -0.313 e. The fourth-order valence-electron chi connectivity index (χ4n) is 1.94. The lowest BCUT2D eigenvalue weighted by molar-refractivity contribution is 0.509. The van der Waals surface area contributed by atoms with Crippen molar-refractivity contribution in [3.05, 3.63) is 29.3 Å². The van der Waals surface area contributed by atoms with Crippen LogP contribution in [0.1, 0.15) is 19.8 Å². The lowest BCUT2D eigenvalue weighted by Crippen LogP contribution is -2.32. The van der Waals surface area contributed by atoms with Crippen LogP contribution in [0.3, 0.4) is 0 Å². The third-order valence-electron chi connectivity index (χ3n) is 3.34. The second kappa shape index (κ2) is 5.59. The average molecular weight is 288 g/mol. The molecule has 2 rings (SSSR count). The van der Waals surface area contributed by atoms with E-state index in [1.807, 2.05) is 0 Å². The quantitative estimate of drug-likeness (QED) is 0.874. The van der Waals surface area contributed by atoms with Crippen LogP contribution >= 0.6 is 11.6 Å². The Balaban J connectivity index is 1.88. The Morgan fingerprint density at radius 3 is 2.50 bits per heavy atom. The maximum absolute atomic E-state index is 12.0. The van der Waals surface area contributed by atoms with E-state index in [4.69, 9.17) is 11.6 Å². The zero-order valence-electron chi connectivity index (χ0n) is 10.4. The van der Waals surface area contributed by atoms with Gasteiger partial charge in [0.1, 0.15) is 0 Å². The Bertz CT molecular complexity index is 494. The second-order valence-electron chi connectivity index (χ2n) is 4.85. The summed E-state index contributed by atoms with van der Waals surface area (Å²) in [6.45, 7) is 2.62. The number of benzene rings is 1. The van der Waals surface area contributed by atoms with E-state index >= 15 is 0 Å². The Morgan fingerprint density at radius 2 is 1.94 bits per heavy atom.